The number of thiazole rings is 1. The molecule has 3 N–H and O–H groups in total. The van der Waals surface area contributed by atoms with Gasteiger partial charge in [-0.2, -0.15) is 0 Å². The normalized spacial score (nSPS) is 11.5. The summed E-state index contributed by atoms with van der Waals surface area (Å²) in [6, 6.07) is 6.26. The third-order valence-electron chi connectivity index (χ3n) is 3.02. The van der Waals surface area contributed by atoms with Gasteiger partial charge in [0.15, 0.2) is 0 Å². The fraction of sp³-hybridized carbons (Fsp3) is 0.312. The maximum Gasteiger partial charge on any atom is 0.411 e. The van der Waals surface area contributed by atoms with Gasteiger partial charge in [0.05, 0.1) is 12.6 Å². The van der Waals surface area contributed by atoms with E-state index in [9.17, 15) is 9.59 Å². The quantitative estimate of drug-likeness (QED) is 0.764. The number of rotatable bonds is 5. The summed E-state index contributed by atoms with van der Waals surface area (Å²) in [7, 11) is 0. The van der Waals surface area contributed by atoms with Crippen LogP contribution in [-0.4, -0.2) is 23.7 Å². The minimum atomic E-state index is -0.511. The van der Waals surface area contributed by atoms with Gasteiger partial charge in [-0.05, 0) is 45.0 Å². The standard InChI is InChI=1S/C16H20N4O3S/c1-4-23-16(22)20-13-7-5-12(6-8-13)19-15(21)18-11(3)14-17-10(2)9-24-14/h5-9,11H,4H2,1-3H3,(H,20,22)(H2,18,19,21)/t11-/m1/s1. The highest BCUT2D eigenvalue weighted by atomic mass is 32.1. The third-order valence-corrected chi connectivity index (χ3v) is 4.16. The van der Waals surface area contributed by atoms with E-state index in [0.29, 0.717) is 18.0 Å². The summed E-state index contributed by atoms with van der Waals surface area (Å²) in [5.41, 5.74) is 2.14. The molecule has 1 heterocycles. The molecule has 0 aliphatic rings. The molecule has 2 aromatic rings. The molecule has 0 saturated heterocycles. The van der Waals surface area contributed by atoms with Crippen molar-refractivity contribution >= 4 is 34.8 Å². The first-order valence-corrected chi connectivity index (χ1v) is 8.39. The molecule has 3 amide bonds. The molecule has 24 heavy (non-hydrogen) atoms. The predicted molar refractivity (Wildman–Crippen MR) is 94.5 cm³/mol. The second-order valence-corrected chi connectivity index (χ2v) is 5.96. The Morgan fingerprint density at radius 2 is 1.83 bits per heavy atom. The highest BCUT2D eigenvalue weighted by Gasteiger charge is 2.12. The molecule has 8 heteroatoms. The van der Waals surface area contributed by atoms with Crippen molar-refractivity contribution in [3.8, 4) is 0 Å². The topological polar surface area (TPSA) is 92.4 Å². The van der Waals surface area contributed by atoms with E-state index in [2.05, 4.69) is 20.9 Å². The molecule has 1 aromatic carbocycles. The highest BCUT2D eigenvalue weighted by molar-refractivity contribution is 7.09. The van der Waals surface area contributed by atoms with Gasteiger partial charge in [0.2, 0.25) is 0 Å². The van der Waals surface area contributed by atoms with E-state index in [1.807, 2.05) is 19.2 Å². The molecule has 0 saturated carbocycles. The molecule has 1 atom stereocenters. The third kappa shape index (κ3) is 5.24. The van der Waals surface area contributed by atoms with Gasteiger partial charge in [-0.3, -0.25) is 5.32 Å². The average molecular weight is 348 g/mol. The van der Waals surface area contributed by atoms with Crippen LogP contribution in [0.4, 0.5) is 21.0 Å². The second kappa shape index (κ2) is 8.30. The summed E-state index contributed by atoms with van der Waals surface area (Å²) in [5.74, 6) is 0. The number of aryl methyl sites for hydroxylation is 1. The molecule has 0 aliphatic heterocycles. The summed E-state index contributed by atoms with van der Waals surface area (Å²) in [4.78, 5) is 27.7. The number of benzene rings is 1. The molecule has 2 rings (SSSR count). The van der Waals surface area contributed by atoms with Crippen molar-refractivity contribution < 1.29 is 14.3 Å². The molecule has 0 spiro atoms. The van der Waals surface area contributed by atoms with Gasteiger partial charge in [0, 0.05) is 22.4 Å². The predicted octanol–water partition coefficient (Wildman–Crippen LogP) is 3.90. The van der Waals surface area contributed by atoms with E-state index < -0.39 is 6.09 Å². The SMILES string of the molecule is CCOC(=O)Nc1ccc(NC(=O)N[C@H](C)c2nc(C)cs2)cc1. The van der Waals surface area contributed by atoms with Crippen LogP contribution in [0.15, 0.2) is 29.6 Å². The largest absolute Gasteiger partial charge is 0.450 e. The molecule has 1 aromatic heterocycles. The molecular weight excluding hydrogens is 328 g/mol. The maximum absolute atomic E-state index is 12.0. The van der Waals surface area contributed by atoms with Crippen LogP contribution in [0, 0.1) is 6.92 Å². The van der Waals surface area contributed by atoms with Crippen LogP contribution in [0.5, 0.6) is 0 Å². The molecule has 128 valence electrons. The van der Waals surface area contributed by atoms with Crippen molar-refractivity contribution in [2.75, 3.05) is 17.2 Å². The minimum Gasteiger partial charge on any atom is -0.450 e. The minimum absolute atomic E-state index is 0.173. The van der Waals surface area contributed by atoms with Crippen molar-refractivity contribution in [1.29, 1.82) is 0 Å². The van der Waals surface area contributed by atoms with Gasteiger partial charge in [0.1, 0.15) is 5.01 Å². The molecule has 0 aliphatic carbocycles. The summed E-state index contributed by atoms with van der Waals surface area (Å²) in [6.45, 7) is 5.84. The smallest absolute Gasteiger partial charge is 0.411 e. The lowest BCUT2D eigenvalue weighted by Gasteiger charge is -2.13. The number of carbonyl (C=O) groups is 2. The van der Waals surface area contributed by atoms with Crippen LogP contribution in [0.25, 0.3) is 0 Å². The van der Waals surface area contributed by atoms with Crippen molar-refractivity contribution in [2.45, 2.75) is 26.8 Å². The van der Waals surface area contributed by atoms with E-state index in [4.69, 9.17) is 4.74 Å². The summed E-state index contributed by atoms with van der Waals surface area (Å²) < 4.78 is 4.79. The zero-order chi connectivity index (χ0) is 17.5. The number of urea groups is 1. The van der Waals surface area contributed by atoms with Crippen molar-refractivity contribution in [3.63, 3.8) is 0 Å². The first kappa shape index (κ1) is 17.7. The fourth-order valence-corrected chi connectivity index (χ4v) is 2.72. The molecule has 0 fully saturated rings. The summed E-state index contributed by atoms with van der Waals surface area (Å²) >= 11 is 1.51. The number of nitrogens with zero attached hydrogens (tertiary/aromatic N) is 1. The fourth-order valence-electron chi connectivity index (χ4n) is 1.92. The number of amides is 3. The molecule has 0 radical (unpaired) electrons. The Balaban J connectivity index is 1.86. The van der Waals surface area contributed by atoms with Gasteiger partial charge < -0.3 is 15.4 Å². The zero-order valence-corrected chi connectivity index (χ0v) is 14.6. The molecule has 7 nitrogen and oxygen atoms in total. The average Bonchev–Trinajstić information content (AvgIpc) is 2.96. The van der Waals surface area contributed by atoms with E-state index >= 15 is 0 Å². The number of ether oxygens (including phenoxy) is 1. The lowest BCUT2D eigenvalue weighted by Crippen LogP contribution is -2.31. The van der Waals surface area contributed by atoms with E-state index in [0.717, 1.165) is 10.7 Å². The lowest BCUT2D eigenvalue weighted by molar-refractivity contribution is 0.168. The summed E-state index contributed by atoms with van der Waals surface area (Å²) in [6.07, 6.45) is -0.511. The first-order chi connectivity index (χ1) is 11.5. The van der Waals surface area contributed by atoms with E-state index in [1.54, 1.807) is 31.2 Å². The zero-order valence-electron chi connectivity index (χ0n) is 13.8. The van der Waals surface area contributed by atoms with Crippen LogP contribution in [-0.2, 0) is 4.74 Å². The Morgan fingerprint density at radius 3 is 2.38 bits per heavy atom. The van der Waals surface area contributed by atoms with Crippen LogP contribution in [0.1, 0.15) is 30.6 Å². The Hall–Kier alpha value is -2.61. The van der Waals surface area contributed by atoms with E-state index in [-0.39, 0.29) is 12.1 Å². The van der Waals surface area contributed by atoms with E-state index in [1.165, 1.54) is 11.3 Å². The van der Waals surface area contributed by atoms with Gasteiger partial charge in [-0.1, -0.05) is 0 Å². The molecule has 0 bridgehead atoms. The Kier molecular flexibility index (Phi) is 6.14. The number of hydrogen-bond donors (Lipinski definition) is 3. The Bertz CT molecular complexity index is 700. The number of hydrogen-bond acceptors (Lipinski definition) is 5. The van der Waals surface area contributed by atoms with Crippen LogP contribution >= 0.6 is 11.3 Å². The first-order valence-electron chi connectivity index (χ1n) is 7.51. The van der Waals surface area contributed by atoms with Crippen LogP contribution < -0.4 is 16.0 Å². The van der Waals surface area contributed by atoms with Gasteiger partial charge in [0.25, 0.3) is 0 Å². The Morgan fingerprint density at radius 1 is 1.21 bits per heavy atom. The number of anilines is 2. The lowest BCUT2D eigenvalue weighted by atomic mass is 10.3. The highest BCUT2D eigenvalue weighted by Crippen LogP contribution is 2.18. The second-order valence-electron chi connectivity index (χ2n) is 5.07. The monoisotopic (exact) mass is 348 g/mol. The number of nitrogens with one attached hydrogen (secondary N) is 3. The Labute approximate surface area is 144 Å². The number of aromatic nitrogens is 1. The van der Waals surface area contributed by atoms with Gasteiger partial charge >= 0.3 is 12.1 Å². The van der Waals surface area contributed by atoms with Crippen molar-refractivity contribution in [1.82, 2.24) is 10.3 Å². The molecule has 0 unspecified atom stereocenters. The maximum atomic E-state index is 12.0. The van der Waals surface area contributed by atoms with Crippen LogP contribution in [0.3, 0.4) is 0 Å². The van der Waals surface area contributed by atoms with Crippen molar-refractivity contribution in [3.05, 3.63) is 40.3 Å². The molecular formula is C16H20N4O3S. The summed E-state index contributed by atoms with van der Waals surface area (Å²) in [5, 5.41) is 11.0. The van der Waals surface area contributed by atoms with Gasteiger partial charge in [-0.25, -0.2) is 14.6 Å². The van der Waals surface area contributed by atoms with Crippen LogP contribution in [0.2, 0.25) is 0 Å². The van der Waals surface area contributed by atoms with Crippen molar-refractivity contribution in [2.24, 2.45) is 0 Å². The number of carbonyl (C=O) groups excluding carboxylic acids is 2. The van der Waals surface area contributed by atoms with Gasteiger partial charge in [-0.15, -0.1) is 11.3 Å².